The first-order valence-electron chi connectivity index (χ1n) is 6.81. The Bertz CT molecular complexity index is 288. The van der Waals surface area contributed by atoms with Crippen LogP contribution in [0.5, 0.6) is 0 Å². The van der Waals surface area contributed by atoms with E-state index in [0.717, 1.165) is 12.0 Å². The topological polar surface area (TPSA) is 3.24 Å². The highest BCUT2D eigenvalue weighted by Crippen LogP contribution is 2.30. The number of rotatable bonds is 2. The average molecular weight is 219 g/mol. The van der Waals surface area contributed by atoms with Gasteiger partial charge in [-0.15, -0.1) is 0 Å². The Morgan fingerprint density at radius 3 is 2.81 bits per heavy atom. The zero-order valence-electron chi connectivity index (χ0n) is 10.9. The molecule has 0 aromatic rings. The van der Waals surface area contributed by atoms with E-state index in [1.807, 2.05) is 0 Å². The lowest BCUT2D eigenvalue weighted by Gasteiger charge is -2.41. The molecule has 0 aromatic heterocycles. The second-order valence-electron chi connectivity index (χ2n) is 5.65. The van der Waals surface area contributed by atoms with Crippen molar-refractivity contribution in [2.24, 2.45) is 5.92 Å². The van der Waals surface area contributed by atoms with Crippen molar-refractivity contribution in [3.63, 3.8) is 0 Å². The molecule has 0 bridgehead atoms. The smallest absolute Gasteiger partial charge is 0.0313 e. The van der Waals surface area contributed by atoms with Crippen LogP contribution in [-0.2, 0) is 0 Å². The van der Waals surface area contributed by atoms with Gasteiger partial charge in [-0.3, -0.25) is 4.90 Å². The molecular formula is C15H25N. The summed E-state index contributed by atoms with van der Waals surface area (Å²) >= 11 is 0. The maximum atomic E-state index is 2.70. The summed E-state index contributed by atoms with van der Waals surface area (Å²) in [6.07, 6.45) is 12.4. The van der Waals surface area contributed by atoms with Gasteiger partial charge in [0.1, 0.15) is 0 Å². The van der Waals surface area contributed by atoms with Gasteiger partial charge in [-0.2, -0.15) is 0 Å². The summed E-state index contributed by atoms with van der Waals surface area (Å²) in [5.41, 5.74) is 1.67. The van der Waals surface area contributed by atoms with Gasteiger partial charge in [-0.05, 0) is 45.6 Å². The molecule has 1 unspecified atom stereocenters. The Morgan fingerprint density at radius 2 is 2.12 bits per heavy atom. The lowest BCUT2D eigenvalue weighted by molar-refractivity contribution is 0.130. The summed E-state index contributed by atoms with van der Waals surface area (Å²) < 4.78 is 0. The van der Waals surface area contributed by atoms with E-state index in [4.69, 9.17) is 0 Å². The minimum atomic E-state index is 0.687. The predicted octanol–water partition coefficient (Wildman–Crippen LogP) is 3.77. The molecule has 1 aliphatic carbocycles. The highest BCUT2D eigenvalue weighted by molar-refractivity contribution is 5.24. The minimum absolute atomic E-state index is 0.687. The van der Waals surface area contributed by atoms with Crippen molar-refractivity contribution in [2.45, 2.75) is 58.5 Å². The second kappa shape index (κ2) is 5.18. The van der Waals surface area contributed by atoms with E-state index in [1.54, 1.807) is 5.57 Å². The zero-order valence-corrected chi connectivity index (χ0v) is 10.9. The lowest BCUT2D eigenvalue weighted by Crippen LogP contribution is -2.45. The SMILES string of the molecule is CC1C=CC=C([C@H]2CCCCN2C(C)C)C1. The van der Waals surface area contributed by atoms with E-state index >= 15 is 0 Å². The maximum Gasteiger partial charge on any atom is 0.0313 e. The molecule has 0 N–H and O–H groups in total. The van der Waals surface area contributed by atoms with Gasteiger partial charge in [0.15, 0.2) is 0 Å². The molecule has 90 valence electrons. The quantitative estimate of drug-likeness (QED) is 0.683. The predicted molar refractivity (Wildman–Crippen MR) is 70.5 cm³/mol. The van der Waals surface area contributed by atoms with Crippen molar-refractivity contribution in [1.82, 2.24) is 4.90 Å². The van der Waals surface area contributed by atoms with E-state index in [0.29, 0.717) is 6.04 Å². The van der Waals surface area contributed by atoms with Crippen LogP contribution < -0.4 is 0 Å². The van der Waals surface area contributed by atoms with Gasteiger partial charge in [0.2, 0.25) is 0 Å². The first-order chi connectivity index (χ1) is 7.68. The molecule has 1 saturated heterocycles. The molecule has 0 aromatic carbocycles. The molecule has 0 radical (unpaired) electrons. The van der Waals surface area contributed by atoms with Crippen molar-refractivity contribution < 1.29 is 0 Å². The fourth-order valence-electron chi connectivity index (χ4n) is 3.09. The third-order valence-electron chi connectivity index (χ3n) is 3.94. The van der Waals surface area contributed by atoms with Crippen LogP contribution in [0.2, 0.25) is 0 Å². The highest BCUT2D eigenvalue weighted by atomic mass is 15.2. The van der Waals surface area contributed by atoms with Crippen LogP contribution in [-0.4, -0.2) is 23.5 Å². The molecule has 0 amide bonds. The van der Waals surface area contributed by atoms with Gasteiger partial charge < -0.3 is 0 Å². The summed E-state index contributed by atoms with van der Waals surface area (Å²) in [6.45, 7) is 8.28. The number of allylic oxidation sites excluding steroid dienone is 3. The Morgan fingerprint density at radius 1 is 1.31 bits per heavy atom. The molecule has 1 nitrogen and oxygen atoms in total. The second-order valence-corrected chi connectivity index (χ2v) is 5.65. The van der Waals surface area contributed by atoms with E-state index in [2.05, 4.69) is 43.9 Å². The van der Waals surface area contributed by atoms with Crippen LogP contribution in [0.25, 0.3) is 0 Å². The maximum absolute atomic E-state index is 2.70. The Hall–Kier alpha value is -0.560. The van der Waals surface area contributed by atoms with Gasteiger partial charge in [0.05, 0.1) is 0 Å². The van der Waals surface area contributed by atoms with Crippen molar-refractivity contribution in [3.8, 4) is 0 Å². The fraction of sp³-hybridized carbons (Fsp3) is 0.733. The molecule has 16 heavy (non-hydrogen) atoms. The molecule has 0 spiro atoms. The number of nitrogens with zero attached hydrogens (tertiary/aromatic N) is 1. The number of hydrogen-bond acceptors (Lipinski definition) is 1. The van der Waals surface area contributed by atoms with E-state index in [1.165, 1.54) is 32.2 Å². The lowest BCUT2D eigenvalue weighted by atomic mass is 9.86. The van der Waals surface area contributed by atoms with E-state index in [-0.39, 0.29) is 0 Å². The molecule has 2 atom stereocenters. The van der Waals surface area contributed by atoms with Gasteiger partial charge in [0, 0.05) is 12.1 Å². The number of piperidine rings is 1. The van der Waals surface area contributed by atoms with Gasteiger partial charge >= 0.3 is 0 Å². The third kappa shape index (κ3) is 2.57. The minimum Gasteiger partial charge on any atom is -0.294 e. The summed E-state index contributed by atoms with van der Waals surface area (Å²) in [6, 6.07) is 1.41. The number of likely N-dealkylation sites (tertiary alicyclic amines) is 1. The molecule has 2 rings (SSSR count). The largest absolute Gasteiger partial charge is 0.294 e. The molecule has 1 heteroatoms. The standard InChI is InChI=1S/C15H25N/c1-12(2)16-10-5-4-9-15(16)14-8-6-7-13(3)11-14/h6-8,12-13,15H,4-5,9-11H2,1-3H3/t13?,15-/m1/s1. The van der Waals surface area contributed by atoms with Crippen LogP contribution in [0.3, 0.4) is 0 Å². The van der Waals surface area contributed by atoms with Crippen molar-refractivity contribution in [1.29, 1.82) is 0 Å². The van der Waals surface area contributed by atoms with E-state index < -0.39 is 0 Å². The van der Waals surface area contributed by atoms with Gasteiger partial charge in [0.25, 0.3) is 0 Å². The summed E-state index contributed by atoms with van der Waals surface area (Å²) in [5.74, 6) is 0.732. The molecule has 0 saturated carbocycles. The molecule has 1 heterocycles. The first kappa shape index (κ1) is 11.9. The van der Waals surface area contributed by atoms with Crippen LogP contribution in [0.15, 0.2) is 23.8 Å². The third-order valence-corrected chi connectivity index (χ3v) is 3.94. The van der Waals surface area contributed by atoms with Gasteiger partial charge in [-0.25, -0.2) is 0 Å². The Kier molecular flexibility index (Phi) is 3.86. The molecule has 2 aliphatic rings. The molecular weight excluding hydrogens is 194 g/mol. The summed E-state index contributed by atoms with van der Waals surface area (Å²) in [7, 11) is 0. The normalized spacial score (nSPS) is 31.9. The summed E-state index contributed by atoms with van der Waals surface area (Å²) in [5, 5.41) is 0. The Balaban J connectivity index is 2.11. The van der Waals surface area contributed by atoms with Crippen molar-refractivity contribution in [2.75, 3.05) is 6.54 Å². The van der Waals surface area contributed by atoms with Crippen molar-refractivity contribution in [3.05, 3.63) is 23.8 Å². The van der Waals surface area contributed by atoms with Crippen LogP contribution in [0.4, 0.5) is 0 Å². The molecule has 1 aliphatic heterocycles. The van der Waals surface area contributed by atoms with E-state index in [9.17, 15) is 0 Å². The van der Waals surface area contributed by atoms with Crippen LogP contribution >= 0.6 is 0 Å². The zero-order chi connectivity index (χ0) is 11.5. The number of hydrogen-bond donors (Lipinski definition) is 0. The van der Waals surface area contributed by atoms with Gasteiger partial charge in [-0.1, -0.05) is 37.1 Å². The first-order valence-corrected chi connectivity index (χ1v) is 6.81. The highest BCUT2D eigenvalue weighted by Gasteiger charge is 2.28. The average Bonchev–Trinajstić information content (AvgIpc) is 2.29. The fourth-order valence-corrected chi connectivity index (χ4v) is 3.09. The van der Waals surface area contributed by atoms with Crippen LogP contribution in [0, 0.1) is 5.92 Å². The Labute approximate surface area is 100 Å². The van der Waals surface area contributed by atoms with Crippen molar-refractivity contribution >= 4 is 0 Å². The van der Waals surface area contributed by atoms with Crippen LogP contribution in [0.1, 0.15) is 46.5 Å². The monoisotopic (exact) mass is 219 g/mol. The molecule has 1 fully saturated rings. The summed E-state index contributed by atoms with van der Waals surface area (Å²) in [4.78, 5) is 2.70.